The molecule has 4 N–H and O–H groups in total. The van der Waals surface area contributed by atoms with Gasteiger partial charge in [0.25, 0.3) is 0 Å². The molecule has 31 heavy (non-hydrogen) atoms. The molecule has 2 saturated heterocycles. The van der Waals surface area contributed by atoms with Crippen LogP contribution in [0.15, 0.2) is 0 Å². The second-order valence-electron chi connectivity index (χ2n) is 9.60. The van der Waals surface area contributed by atoms with Crippen molar-refractivity contribution in [3.05, 3.63) is 0 Å². The molecule has 8 nitrogen and oxygen atoms in total. The lowest BCUT2D eigenvalue weighted by atomic mass is 9.72. The zero-order chi connectivity index (χ0) is 22.6. The summed E-state index contributed by atoms with van der Waals surface area (Å²) in [7, 11) is 0. The molecular weight excluding hydrogens is 408 g/mol. The van der Waals surface area contributed by atoms with Crippen LogP contribution in [0.5, 0.6) is 0 Å². The molecule has 0 aromatic rings. The summed E-state index contributed by atoms with van der Waals surface area (Å²) in [6.45, 7) is 3.73. The molecule has 1 spiro atoms. The van der Waals surface area contributed by atoms with E-state index < -0.39 is 30.4 Å². The van der Waals surface area contributed by atoms with E-state index in [2.05, 4.69) is 10.2 Å². The molecule has 10 heteroatoms. The number of carbonyl (C=O) groups excluding carboxylic acids is 1. The van der Waals surface area contributed by atoms with E-state index in [1.807, 2.05) is 0 Å². The van der Waals surface area contributed by atoms with E-state index in [1.165, 1.54) is 38.8 Å². The Morgan fingerprint density at radius 1 is 1.23 bits per heavy atom. The Morgan fingerprint density at radius 3 is 2.32 bits per heavy atom. The van der Waals surface area contributed by atoms with Crippen molar-refractivity contribution < 1.29 is 23.5 Å². The van der Waals surface area contributed by atoms with Crippen molar-refractivity contribution in [2.24, 2.45) is 17.1 Å². The third-order valence-corrected chi connectivity index (χ3v) is 6.73. The van der Waals surface area contributed by atoms with Gasteiger partial charge in [-0.05, 0) is 57.5 Å². The minimum Gasteiger partial charge on any atom is -0.465 e. The summed E-state index contributed by atoms with van der Waals surface area (Å²) in [6, 6.07) is 1.31. The van der Waals surface area contributed by atoms with Gasteiger partial charge >= 0.3 is 6.09 Å². The number of hydrogen-bond donors (Lipinski definition) is 3. The van der Waals surface area contributed by atoms with Crippen LogP contribution in [0.3, 0.4) is 0 Å². The number of piperidine rings is 1. The molecule has 0 unspecified atom stereocenters. The Morgan fingerprint density at radius 2 is 1.84 bits per heavy atom. The van der Waals surface area contributed by atoms with Crippen LogP contribution in [0.1, 0.15) is 51.4 Å². The van der Waals surface area contributed by atoms with E-state index >= 15 is 0 Å². The van der Waals surface area contributed by atoms with Gasteiger partial charge in [0.1, 0.15) is 6.54 Å². The minimum atomic E-state index is -2.88. The maximum absolute atomic E-state index is 13.3. The fourth-order valence-electron chi connectivity index (χ4n) is 4.52. The van der Waals surface area contributed by atoms with Gasteiger partial charge in [-0.2, -0.15) is 5.26 Å². The van der Waals surface area contributed by atoms with E-state index in [9.17, 15) is 18.4 Å². The Balaban J connectivity index is 0.000000176. The first-order valence-electron chi connectivity index (χ1n) is 11.1. The second kappa shape index (κ2) is 9.65. The summed E-state index contributed by atoms with van der Waals surface area (Å²) in [5.74, 6) is -3.49. The monoisotopic (exact) mass is 441 g/mol. The molecule has 0 bridgehead atoms. The highest BCUT2D eigenvalue weighted by atomic mass is 19.3. The van der Waals surface area contributed by atoms with Crippen LogP contribution >= 0.6 is 0 Å². The highest BCUT2D eigenvalue weighted by Crippen LogP contribution is 2.43. The molecule has 4 fully saturated rings. The van der Waals surface area contributed by atoms with E-state index in [-0.39, 0.29) is 18.9 Å². The van der Waals surface area contributed by atoms with Crippen molar-refractivity contribution in [1.29, 1.82) is 5.26 Å². The van der Waals surface area contributed by atoms with Crippen molar-refractivity contribution in [2.75, 3.05) is 32.7 Å². The molecule has 0 aromatic heterocycles. The minimum absolute atomic E-state index is 0.0874. The number of likely N-dealkylation sites (tertiary alicyclic amines) is 2. The van der Waals surface area contributed by atoms with Crippen LogP contribution in [0.4, 0.5) is 13.6 Å². The molecule has 4 aliphatic rings. The third kappa shape index (κ3) is 7.01. The summed E-state index contributed by atoms with van der Waals surface area (Å²) >= 11 is 0. The third-order valence-electron chi connectivity index (χ3n) is 6.73. The van der Waals surface area contributed by atoms with E-state index in [1.54, 1.807) is 11.0 Å². The summed E-state index contributed by atoms with van der Waals surface area (Å²) in [5.41, 5.74) is 5.69. The highest BCUT2D eigenvalue weighted by Gasteiger charge is 2.48. The first-order chi connectivity index (χ1) is 14.6. The Bertz CT molecular complexity index is 690. The van der Waals surface area contributed by atoms with Crippen LogP contribution in [-0.2, 0) is 4.79 Å². The number of carboxylic acid groups (broad SMARTS) is 1. The van der Waals surface area contributed by atoms with Gasteiger partial charge in [0.15, 0.2) is 0 Å². The quantitative estimate of drug-likeness (QED) is 0.520. The molecular formula is C21H33F2N5O3. The lowest BCUT2D eigenvalue weighted by Gasteiger charge is -2.53. The fourth-order valence-corrected chi connectivity index (χ4v) is 4.52. The second-order valence-corrected chi connectivity index (χ2v) is 9.60. The lowest BCUT2D eigenvalue weighted by molar-refractivity contribution is -0.125. The van der Waals surface area contributed by atoms with Crippen molar-refractivity contribution >= 4 is 12.0 Å². The largest absolute Gasteiger partial charge is 0.465 e. The number of nitrogens with one attached hydrogen (secondary N) is 1. The number of hydrogen-bond acceptors (Lipinski definition) is 5. The van der Waals surface area contributed by atoms with Crippen LogP contribution < -0.4 is 11.1 Å². The molecule has 2 aliphatic heterocycles. The summed E-state index contributed by atoms with van der Waals surface area (Å²) in [4.78, 5) is 26.0. The smallest absolute Gasteiger partial charge is 0.407 e. The summed E-state index contributed by atoms with van der Waals surface area (Å²) in [6.07, 6.45) is 5.26. The Labute approximate surface area is 181 Å². The Hall–Kier alpha value is -1.99. The number of carbonyl (C=O) groups is 2. The normalized spacial score (nSPS) is 23.7. The van der Waals surface area contributed by atoms with Gasteiger partial charge in [-0.1, -0.05) is 0 Å². The van der Waals surface area contributed by atoms with Gasteiger partial charge in [-0.3, -0.25) is 4.79 Å². The maximum Gasteiger partial charge on any atom is 0.407 e. The topological polar surface area (TPSA) is 123 Å². The van der Waals surface area contributed by atoms with E-state index in [4.69, 9.17) is 16.1 Å². The maximum atomic E-state index is 13.3. The molecule has 1 atom stereocenters. The van der Waals surface area contributed by atoms with Crippen LogP contribution in [-0.4, -0.2) is 77.6 Å². The van der Waals surface area contributed by atoms with Gasteiger partial charge < -0.3 is 26.0 Å². The first-order valence-corrected chi connectivity index (χ1v) is 11.1. The number of halogens is 2. The van der Waals surface area contributed by atoms with Gasteiger partial charge in [0.05, 0.1) is 12.1 Å². The van der Waals surface area contributed by atoms with E-state index in [0.717, 1.165) is 32.0 Å². The van der Waals surface area contributed by atoms with Gasteiger partial charge in [0, 0.05) is 37.4 Å². The zero-order valence-electron chi connectivity index (χ0n) is 17.9. The first kappa shape index (κ1) is 23.7. The predicted molar refractivity (Wildman–Crippen MR) is 109 cm³/mol. The molecule has 0 radical (unpaired) electrons. The van der Waals surface area contributed by atoms with Crippen LogP contribution in [0, 0.1) is 22.7 Å². The summed E-state index contributed by atoms with van der Waals surface area (Å²) in [5, 5.41) is 19.2. The molecule has 2 heterocycles. The van der Waals surface area contributed by atoms with Crippen LogP contribution in [0.2, 0.25) is 0 Å². The molecule has 2 aliphatic carbocycles. The zero-order valence-corrected chi connectivity index (χ0v) is 17.9. The number of alkyl halides is 2. The average Bonchev–Trinajstić information content (AvgIpc) is 3.58. The van der Waals surface area contributed by atoms with E-state index in [0.29, 0.717) is 5.41 Å². The van der Waals surface area contributed by atoms with Gasteiger partial charge in [-0.15, -0.1) is 0 Å². The molecule has 4 rings (SSSR count). The van der Waals surface area contributed by atoms with Crippen molar-refractivity contribution in [2.45, 2.75) is 69.4 Å². The number of nitrogens with zero attached hydrogens (tertiary/aromatic N) is 3. The van der Waals surface area contributed by atoms with Crippen molar-refractivity contribution in [1.82, 2.24) is 15.1 Å². The van der Waals surface area contributed by atoms with Crippen molar-refractivity contribution in [3.8, 4) is 6.07 Å². The number of nitriles is 1. The van der Waals surface area contributed by atoms with Gasteiger partial charge in [-0.25, -0.2) is 13.6 Å². The fraction of sp³-hybridized carbons (Fsp3) is 0.857. The Kier molecular flexibility index (Phi) is 7.37. The number of rotatable bonds is 7. The van der Waals surface area contributed by atoms with Crippen LogP contribution in [0.25, 0.3) is 0 Å². The summed E-state index contributed by atoms with van der Waals surface area (Å²) < 4.78 is 26.6. The number of amides is 2. The molecule has 2 amide bonds. The highest BCUT2D eigenvalue weighted by molar-refractivity contribution is 5.81. The molecule has 2 saturated carbocycles. The lowest BCUT2D eigenvalue weighted by Crippen LogP contribution is -2.61. The standard InChI is InChI=1S/C11H18N2O2.C10H15F2N3O/c14-10(15)13-7-11(8-13)3-5-12(6-4-11)9-1-2-9;11-10(12,5-7-1-2-7)6-8(14)9(16)15-4-3-13/h9H,1-8H2,(H,14,15);7-8H,1-2,4-6,14H2,(H,15,16)/t;8-/m.0/s1. The SMILES string of the molecule is N#CCNC(=O)[C@@H](N)CC(F)(F)CC1CC1.O=C(O)N1CC2(CCN(C3CC3)CC2)C1. The molecule has 174 valence electrons. The predicted octanol–water partition coefficient (Wildman–Crippen LogP) is 2.00. The van der Waals surface area contributed by atoms with Crippen molar-refractivity contribution in [3.63, 3.8) is 0 Å². The molecule has 0 aromatic carbocycles. The number of nitrogens with two attached hydrogens (primary N) is 1. The average molecular weight is 442 g/mol. The van der Waals surface area contributed by atoms with Gasteiger partial charge in [0.2, 0.25) is 11.8 Å².